The molecular weight excluding hydrogens is 331 g/mol. The highest BCUT2D eigenvalue weighted by Crippen LogP contribution is 2.21. The third-order valence-corrected chi connectivity index (χ3v) is 4.47. The van der Waals surface area contributed by atoms with E-state index in [2.05, 4.69) is 10.3 Å². The Kier molecular flexibility index (Phi) is 6.03. The smallest absolute Gasteiger partial charge is 0.227 e. The summed E-state index contributed by atoms with van der Waals surface area (Å²) >= 11 is 0. The average Bonchev–Trinajstić information content (AvgIpc) is 2.53. The standard InChI is InChI=1S/C17H19FN2O3S/c1-24(22,23)10-9-20-17(21)16(11-13-3-2-8-19-12-13)14-4-6-15(18)7-5-14/h2-8,12,16H,9-11H2,1H3,(H,20,21). The van der Waals surface area contributed by atoms with Gasteiger partial charge < -0.3 is 5.32 Å². The van der Waals surface area contributed by atoms with Gasteiger partial charge in [-0.2, -0.15) is 0 Å². The SMILES string of the molecule is CS(=O)(=O)CCNC(=O)C(Cc1cccnc1)c1ccc(F)cc1. The second-order valence-corrected chi connectivity index (χ2v) is 7.85. The summed E-state index contributed by atoms with van der Waals surface area (Å²) < 4.78 is 35.5. The topological polar surface area (TPSA) is 76.1 Å². The highest BCUT2D eigenvalue weighted by molar-refractivity contribution is 7.90. The number of nitrogens with zero attached hydrogens (tertiary/aromatic N) is 1. The van der Waals surface area contributed by atoms with Crippen molar-refractivity contribution in [3.05, 3.63) is 65.7 Å². The third-order valence-electron chi connectivity index (χ3n) is 3.52. The molecule has 1 aromatic heterocycles. The van der Waals surface area contributed by atoms with Crippen molar-refractivity contribution in [2.45, 2.75) is 12.3 Å². The molecule has 1 unspecified atom stereocenters. The Morgan fingerprint density at radius 1 is 1.25 bits per heavy atom. The molecule has 5 nitrogen and oxygen atoms in total. The Hall–Kier alpha value is -2.28. The van der Waals surface area contributed by atoms with Crippen molar-refractivity contribution in [1.29, 1.82) is 0 Å². The summed E-state index contributed by atoms with van der Waals surface area (Å²) in [5.41, 5.74) is 1.53. The molecule has 2 rings (SSSR count). The van der Waals surface area contributed by atoms with Crippen molar-refractivity contribution in [3.63, 3.8) is 0 Å². The maximum atomic E-state index is 13.1. The number of carbonyl (C=O) groups is 1. The van der Waals surface area contributed by atoms with Crippen LogP contribution in [0.1, 0.15) is 17.0 Å². The Morgan fingerprint density at radius 3 is 2.54 bits per heavy atom. The van der Waals surface area contributed by atoms with Gasteiger partial charge in [-0.25, -0.2) is 12.8 Å². The van der Waals surface area contributed by atoms with Crippen LogP contribution in [0.2, 0.25) is 0 Å². The van der Waals surface area contributed by atoms with Crippen LogP contribution in [0.4, 0.5) is 4.39 Å². The molecule has 0 saturated carbocycles. The molecule has 0 spiro atoms. The zero-order chi connectivity index (χ0) is 17.6. The number of carbonyl (C=O) groups excluding carboxylic acids is 1. The maximum absolute atomic E-state index is 13.1. The number of hydrogen-bond acceptors (Lipinski definition) is 4. The minimum Gasteiger partial charge on any atom is -0.355 e. The van der Waals surface area contributed by atoms with Gasteiger partial charge in [-0.3, -0.25) is 9.78 Å². The maximum Gasteiger partial charge on any atom is 0.227 e. The van der Waals surface area contributed by atoms with Gasteiger partial charge in [0.05, 0.1) is 11.7 Å². The number of amides is 1. The summed E-state index contributed by atoms with van der Waals surface area (Å²) in [6, 6.07) is 9.36. The van der Waals surface area contributed by atoms with E-state index in [9.17, 15) is 17.6 Å². The molecule has 2 aromatic rings. The number of hydrogen-bond donors (Lipinski definition) is 1. The van der Waals surface area contributed by atoms with Gasteiger partial charge in [0.2, 0.25) is 5.91 Å². The number of aromatic nitrogens is 1. The average molecular weight is 350 g/mol. The molecule has 0 radical (unpaired) electrons. The molecule has 7 heteroatoms. The number of rotatable bonds is 7. The molecule has 128 valence electrons. The summed E-state index contributed by atoms with van der Waals surface area (Å²) in [5.74, 6) is -1.35. The van der Waals surface area contributed by atoms with Gasteiger partial charge in [0, 0.05) is 25.2 Å². The second kappa shape index (κ2) is 8.01. The van der Waals surface area contributed by atoms with E-state index in [1.807, 2.05) is 6.07 Å². The van der Waals surface area contributed by atoms with Crippen molar-refractivity contribution in [2.75, 3.05) is 18.6 Å². The Balaban J connectivity index is 2.15. The van der Waals surface area contributed by atoms with E-state index in [-0.39, 0.29) is 24.0 Å². The van der Waals surface area contributed by atoms with E-state index in [1.54, 1.807) is 30.6 Å². The van der Waals surface area contributed by atoms with Crippen LogP contribution in [0.3, 0.4) is 0 Å². The summed E-state index contributed by atoms with van der Waals surface area (Å²) in [6.45, 7) is 0.0440. The molecule has 1 atom stereocenters. The van der Waals surface area contributed by atoms with Crippen molar-refractivity contribution in [2.24, 2.45) is 0 Å². The third kappa shape index (κ3) is 5.73. The van der Waals surface area contributed by atoms with Crippen molar-refractivity contribution >= 4 is 15.7 Å². The van der Waals surface area contributed by atoms with Gasteiger partial charge >= 0.3 is 0 Å². The fourth-order valence-electron chi connectivity index (χ4n) is 2.29. The van der Waals surface area contributed by atoms with E-state index in [0.717, 1.165) is 11.8 Å². The van der Waals surface area contributed by atoms with Gasteiger partial charge in [0.15, 0.2) is 0 Å². The summed E-state index contributed by atoms with van der Waals surface area (Å²) in [6.07, 6.45) is 4.82. The zero-order valence-electron chi connectivity index (χ0n) is 13.3. The highest BCUT2D eigenvalue weighted by atomic mass is 32.2. The first-order valence-electron chi connectivity index (χ1n) is 7.45. The Labute approximate surface area is 140 Å². The number of nitrogens with one attached hydrogen (secondary N) is 1. The number of sulfone groups is 1. The molecule has 0 bridgehead atoms. The number of pyridine rings is 1. The number of benzene rings is 1. The Morgan fingerprint density at radius 2 is 1.96 bits per heavy atom. The van der Waals surface area contributed by atoms with E-state index in [0.29, 0.717) is 12.0 Å². The van der Waals surface area contributed by atoms with E-state index >= 15 is 0 Å². The first-order chi connectivity index (χ1) is 11.3. The van der Waals surface area contributed by atoms with Gasteiger partial charge in [-0.05, 0) is 35.7 Å². The van der Waals surface area contributed by atoms with Crippen LogP contribution in [-0.2, 0) is 21.1 Å². The fourth-order valence-corrected chi connectivity index (χ4v) is 2.77. The molecule has 24 heavy (non-hydrogen) atoms. The van der Waals surface area contributed by atoms with Crippen molar-refractivity contribution < 1.29 is 17.6 Å². The Bertz CT molecular complexity index is 777. The van der Waals surface area contributed by atoms with Gasteiger partial charge in [-0.1, -0.05) is 18.2 Å². The van der Waals surface area contributed by atoms with Crippen LogP contribution in [-0.4, -0.2) is 37.9 Å². The van der Waals surface area contributed by atoms with Crippen LogP contribution in [0.5, 0.6) is 0 Å². The fraction of sp³-hybridized carbons (Fsp3) is 0.294. The van der Waals surface area contributed by atoms with Gasteiger partial charge in [0.25, 0.3) is 0 Å². The summed E-state index contributed by atoms with van der Waals surface area (Å²) in [4.78, 5) is 16.5. The molecule has 1 amide bonds. The molecule has 1 heterocycles. The summed E-state index contributed by atoms with van der Waals surface area (Å²) in [5, 5.41) is 2.64. The lowest BCUT2D eigenvalue weighted by molar-refractivity contribution is -0.122. The largest absolute Gasteiger partial charge is 0.355 e. The lowest BCUT2D eigenvalue weighted by atomic mass is 9.91. The lowest BCUT2D eigenvalue weighted by Crippen LogP contribution is -2.34. The lowest BCUT2D eigenvalue weighted by Gasteiger charge is -2.17. The quantitative estimate of drug-likeness (QED) is 0.825. The van der Waals surface area contributed by atoms with E-state index in [1.165, 1.54) is 12.1 Å². The second-order valence-electron chi connectivity index (χ2n) is 5.59. The first-order valence-corrected chi connectivity index (χ1v) is 9.51. The van der Waals surface area contributed by atoms with E-state index in [4.69, 9.17) is 0 Å². The van der Waals surface area contributed by atoms with Crippen LogP contribution in [0.25, 0.3) is 0 Å². The molecule has 0 saturated heterocycles. The van der Waals surface area contributed by atoms with Crippen LogP contribution < -0.4 is 5.32 Å². The first kappa shape index (κ1) is 18.1. The zero-order valence-corrected chi connectivity index (χ0v) is 14.1. The molecule has 0 aliphatic heterocycles. The van der Waals surface area contributed by atoms with Crippen LogP contribution >= 0.6 is 0 Å². The van der Waals surface area contributed by atoms with Crippen molar-refractivity contribution in [1.82, 2.24) is 10.3 Å². The predicted molar refractivity (Wildman–Crippen MR) is 89.8 cm³/mol. The van der Waals surface area contributed by atoms with Crippen molar-refractivity contribution in [3.8, 4) is 0 Å². The van der Waals surface area contributed by atoms with Gasteiger partial charge in [0.1, 0.15) is 15.7 Å². The van der Waals surface area contributed by atoms with E-state index < -0.39 is 15.8 Å². The van der Waals surface area contributed by atoms with Gasteiger partial charge in [-0.15, -0.1) is 0 Å². The molecule has 0 aliphatic carbocycles. The predicted octanol–water partition coefficient (Wildman–Crippen LogP) is 1.71. The summed E-state index contributed by atoms with van der Waals surface area (Å²) in [7, 11) is -3.15. The van der Waals surface area contributed by atoms with Crippen LogP contribution in [0, 0.1) is 5.82 Å². The normalized spacial score (nSPS) is 12.6. The number of halogens is 1. The molecule has 0 fully saturated rings. The van der Waals surface area contributed by atoms with Crippen LogP contribution in [0.15, 0.2) is 48.8 Å². The molecule has 0 aliphatic rings. The minimum atomic E-state index is -3.15. The highest BCUT2D eigenvalue weighted by Gasteiger charge is 2.21. The molecule has 1 aromatic carbocycles. The minimum absolute atomic E-state index is 0.0440. The molecular formula is C17H19FN2O3S. The monoisotopic (exact) mass is 350 g/mol. The molecule has 1 N–H and O–H groups in total.